The molecule has 0 radical (unpaired) electrons. The summed E-state index contributed by atoms with van der Waals surface area (Å²) in [5.41, 5.74) is 0. The molecule has 206 valence electrons. The van der Waals surface area contributed by atoms with Crippen LogP contribution in [0.4, 0.5) is 0 Å². The van der Waals surface area contributed by atoms with Gasteiger partial charge >= 0.3 is 9.28 Å². The van der Waals surface area contributed by atoms with Gasteiger partial charge in [0.05, 0.1) is 26.7 Å². The van der Waals surface area contributed by atoms with Gasteiger partial charge in [0.25, 0.3) is 0 Å². The Balaban J connectivity index is 4.08. The van der Waals surface area contributed by atoms with Crippen LogP contribution in [0.5, 0.6) is 0 Å². The van der Waals surface area contributed by atoms with E-state index in [4.69, 9.17) is 8.85 Å². The molecular formula is C30H66NO2Si+. The number of hydrogen-bond donors (Lipinski definition) is 0. The summed E-state index contributed by atoms with van der Waals surface area (Å²) in [7, 11) is 4.76. The van der Waals surface area contributed by atoms with Gasteiger partial charge in [-0.05, 0) is 38.1 Å². The van der Waals surface area contributed by atoms with Gasteiger partial charge in [-0.1, -0.05) is 117 Å². The summed E-state index contributed by atoms with van der Waals surface area (Å²) in [4.78, 5) is 0. The molecule has 0 aromatic carbocycles. The van der Waals surface area contributed by atoms with E-state index in [-0.39, 0.29) is 0 Å². The van der Waals surface area contributed by atoms with E-state index in [0.717, 1.165) is 6.04 Å². The second kappa shape index (κ2) is 26.2. The van der Waals surface area contributed by atoms with Gasteiger partial charge in [-0.15, -0.1) is 0 Å². The Morgan fingerprint density at radius 3 is 1.06 bits per heavy atom. The zero-order chi connectivity index (χ0) is 25.2. The molecule has 0 atom stereocenters. The molecule has 0 aliphatic heterocycles. The fraction of sp³-hybridized carbons (Fsp3) is 1.00. The lowest BCUT2D eigenvalue weighted by Crippen LogP contribution is -2.46. The SMILES string of the molecule is CCCCCCCCCCCC[N+](C)(CCCCCCCCCCCC)CCC[SiH](OC)OC. The predicted octanol–water partition coefficient (Wildman–Crippen LogP) is 9.18. The van der Waals surface area contributed by atoms with Gasteiger partial charge in [0, 0.05) is 14.2 Å². The van der Waals surface area contributed by atoms with E-state index in [9.17, 15) is 0 Å². The van der Waals surface area contributed by atoms with E-state index in [2.05, 4.69) is 20.9 Å². The largest absolute Gasteiger partial charge is 0.400 e. The number of unbranched alkanes of at least 4 members (excludes halogenated alkanes) is 18. The Labute approximate surface area is 218 Å². The average molecular weight is 501 g/mol. The summed E-state index contributed by atoms with van der Waals surface area (Å²) in [5.74, 6) is 0. The van der Waals surface area contributed by atoms with Crippen LogP contribution in [0.25, 0.3) is 0 Å². The van der Waals surface area contributed by atoms with Gasteiger partial charge < -0.3 is 13.3 Å². The monoisotopic (exact) mass is 500 g/mol. The molecule has 0 bridgehead atoms. The smallest absolute Gasteiger partial charge is 0.321 e. The summed E-state index contributed by atoms with van der Waals surface area (Å²) < 4.78 is 12.4. The molecule has 0 unspecified atom stereocenters. The van der Waals surface area contributed by atoms with E-state index in [0.29, 0.717) is 0 Å². The topological polar surface area (TPSA) is 18.5 Å². The first kappa shape index (κ1) is 34.1. The van der Waals surface area contributed by atoms with E-state index in [1.54, 1.807) is 0 Å². The van der Waals surface area contributed by atoms with Crippen LogP contribution in [0, 0.1) is 0 Å². The molecule has 0 heterocycles. The van der Waals surface area contributed by atoms with Crippen LogP contribution in [-0.2, 0) is 8.85 Å². The molecule has 3 nitrogen and oxygen atoms in total. The molecule has 0 rings (SSSR count). The molecule has 0 aliphatic carbocycles. The number of rotatable bonds is 28. The van der Waals surface area contributed by atoms with Crippen LogP contribution in [0.1, 0.15) is 149 Å². The van der Waals surface area contributed by atoms with Crippen molar-refractivity contribution in [2.75, 3.05) is 40.9 Å². The summed E-state index contributed by atoms with van der Waals surface area (Å²) in [5, 5.41) is 0. The zero-order valence-corrected chi connectivity index (χ0v) is 25.7. The van der Waals surface area contributed by atoms with Gasteiger partial charge in [0.1, 0.15) is 0 Å². The fourth-order valence-corrected chi connectivity index (χ4v) is 6.45. The average Bonchev–Trinajstić information content (AvgIpc) is 2.84. The van der Waals surface area contributed by atoms with Crippen LogP contribution >= 0.6 is 0 Å². The van der Waals surface area contributed by atoms with Gasteiger partial charge in [-0.3, -0.25) is 0 Å². The van der Waals surface area contributed by atoms with Crippen molar-refractivity contribution < 1.29 is 13.3 Å². The van der Waals surface area contributed by atoms with Gasteiger partial charge in [0.2, 0.25) is 0 Å². The minimum atomic E-state index is -1.41. The Morgan fingerprint density at radius 1 is 0.441 bits per heavy atom. The van der Waals surface area contributed by atoms with Crippen LogP contribution < -0.4 is 0 Å². The zero-order valence-electron chi connectivity index (χ0n) is 24.5. The third-order valence-corrected chi connectivity index (χ3v) is 9.70. The number of quaternary nitrogens is 1. The van der Waals surface area contributed by atoms with Crippen molar-refractivity contribution in [3.8, 4) is 0 Å². The lowest BCUT2D eigenvalue weighted by Gasteiger charge is -2.35. The second-order valence-electron chi connectivity index (χ2n) is 11.2. The normalized spacial score (nSPS) is 12.2. The molecule has 0 fully saturated rings. The number of hydrogen-bond acceptors (Lipinski definition) is 2. The van der Waals surface area contributed by atoms with Crippen LogP contribution in [0.2, 0.25) is 6.04 Å². The van der Waals surface area contributed by atoms with Gasteiger partial charge in [-0.25, -0.2) is 0 Å². The molecule has 0 amide bonds. The van der Waals surface area contributed by atoms with Gasteiger partial charge in [-0.2, -0.15) is 0 Å². The molecule has 34 heavy (non-hydrogen) atoms. The highest BCUT2D eigenvalue weighted by Crippen LogP contribution is 2.17. The van der Waals surface area contributed by atoms with Crippen molar-refractivity contribution in [2.24, 2.45) is 0 Å². The first-order valence-electron chi connectivity index (χ1n) is 15.5. The van der Waals surface area contributed by atoms with E-state index in [1.807, 2.05) is 14.2 Å². The predicted molar refractivity (Wildman–Crippen MR) is 155 cm³/mol. The van der Waals surface area contributed by atoms with Crippen molar-refractivity contribution in [3.05, 3.63) is 0 Å². The summed E-state index contributed by atoms with van der Waals surface area (Å²) in [6.07, 6.45) is 29.9. The Kier molecular flexibility index (Phi) is 26.2. The van der Waals surface area contributed by atoms with Crippen molar-refractivity contribution in [2.45, 2.75) is 155 Å². The van der Waals surface area contributed by atoms with Gasteiger partial charge in [0.15, 0.2) is 0 Å². The first-order valence-corrected chi connectivity index (χ1v) is 17.3. The quantitative estimate of drug-likeness (QED) is 0.0605. The lowest BCUT2D eigenvalue weighted by molar-refractivity contribution is -0.910. The summed E-state index contributed by atoms with van der Waals surface area (Å²) in [6.45, 7) is 8.63. The third-order valence-electron chi connectivity index (χ3n) is 7.77. The maximum Gasteiger partial charge on any atom is 0.321 e. The lowest BCUT2D eigenvalue weighted by atomic mass is 10.1. The molecular weight excluding hydrogens is 434 g/mol. The molecule has 0 spiro atoms. The highest BCUT2D eigenvalue weighted by Gasteiger charge is 2.22. The third kappa shape index (κ3) is 22.6. The Hall–Kier alpha value is 0.0969. The molecule has 0 saturated heterocycles. The maximum absolute atomic E-state index is 5.56. The minimum Gasteiger partial charge on any atom is -0.400 e. The molecule has 0 aromatic rings. The maximum atomic E-state index is 5.56. The molecule has 4 heteroatoms. The highest BCUT2D eigenvalue weighted by atomic mass is 28.3. The van der Waals surface area contributed by atoms with E-state index >= 15 is 0 Å². The van der Waals surface area contributed by atoms with Crippen LogP contribution in [0.15, 0.2) is 0 Å². The van der Waals surface area contributed by atoms with Crippen molar-refractivity contribution in [1.82, 2.24) is 0 Å². The van der Waals surface area contributed by atoms with E-state index < -0.39 is 9.28 Å². The molecule has 0 aliphatic rings. The Morgan fingerprint density at radius 2 is 0.735 bits per heavy atom. The summed E-state index contributed by atoms with van der Waals surface area (Å²) >= 11 is 0. The molecule has 0 aromatic heterocycles. The van der Waals surface area contributed by atoms with Crippen LogP contribution in [0.3, 0.4) is 0 Å². The van der Waals surface area contributed by atoms with Crippen molar-refractivity contribution >= 4 is 9.28 Å². The molecule has 0 N–H and O–H groups in total. The van der Waals surface area contributed by atoms with Crippen LogP contribution in [-0.4, -0.2) is 54.7 Å². The number of nitrogens with zero attached hydrogens (tertiary/aromatic N) is 1. The van der Waals surface area contributed by atoms with Crippen molar-refractivity contribution in [3.63, 3.8) is 0 Å². The standard InChI is InChI=1S/C30H66NO2Si/c1-6-8-10-12-14-16-18-20-22-24-27-31(3,29-26-30-34(32-4)33-5)28-25-23-21-19-17-15-13-11-9-7-2/h34H,6-30H2,1-5H3/q+1. The Bertz CT molecular complexity index is 366. The second-order valence-corrected chi connectivity index (χ2v) is 13.6. The minimum absolute atomic E-state index is 1.15. The molecule has 0 saturated carbocycles. The summed E-state index contributed by atoms with van der Waals surface area (Å²) in [6, 6.07) is 1.15. The fourth-order valence-electron chi connectivity index (χ4n) is 5.27. The highest BCUT2D eigenvalue weighted by molar-refractivity contribution is 6.44. The van der Waals surface area contributed by atoms with E-state index in [1.165, 1.54) is 159 Å². The first-order chi connectivity index (χ1) is 16.6. The van der Waals surface area contributed by atoms with Crippen molar-refractivity contribution in [1.29, 1.82) is 0 Å².